The number of hydrogen-bond donors (Lipinski definition) is 1. The summed E-state index contributed by atoms with van der Waals surface area (Å²) in [6.07, 6.45) is -6.68. The maximum atomic E-state index is 12.3. The van der Waals surface area contributed by atoms with Gasteiger partial charge in [-0.25, -0.2) is 0 Å². The molecule has 98 valence electrons. The Balaban J connectivity index is 2.13. The molecular formula is C13H13F3O2. The van der Waals surface area contributed by atoms with Gasteiger partial charge in [0.25, 0.3) is 0 Å². The highest BCUT2D eigenvalue weighted by Crippen LogP contribution is 2.32. The van der Waals surface area contributed by atoms with E-state index in [0.717, 1.165) is 5.56 Å². The van der Waals surface area contributed by atoms with Crippen molar-refractivity contribution >= 4 is 5.78 Å². The van der Waals surface area contributed by atoms with Crippen LogP contribution < -0.4 is 0 Å². The first-order valence-corrected chi connectivity index (χ1v) is 5.76. The Morgan fingerprint density at radius 2 is 2.00 bits per heavy atom. The number of alkyl halides is 3. The van der Waals surface area contributed by atoms with Crippen LogP contribution in [-0.4, -0.2) is 23.2 Å². The minimum absolute atomic E-state index is 0.292. The first-order valence-electron chi connectivity index (χ1n) is 5.76. The summed E-state index contributed by atoms with van der Waals surface area (Å²) >= 11 is 0. The van der Waals surface area contributed by atoms with Gasteiger partial charge in [0.2, 0.25) is 0 Å². The molecule has 1 aromatic carbocycles. The van der Waals surface area contributed by atoms with E-state index >= 15 is 0 Å². The Hall–Kier alpha value is -1.36. The zero-order valence-corrected chi connectivity index (χ0v) is 9.57. The van der Waals surface area contributed by atoms with Crippen molar-refractivity contribution in [3.63, 3.8) is 0 Å². The molecule has 0 bridgehead atoms. The van der Waals surface area contributed by atoms with Gasteiger partial charge in [-0.15, -0.1) is 0 Å². The van der Waals surface area contributed by atoms with E-state index < -0.39 is 24.6 Å². The van der Waals surface area contributed by atoms with Crippen LogP contribution in [-0.2, 0) is 6.42 Å². The number of aliphatic hydroxyl groups is 1. The lowest BCUT2D eigenvalue weighted by molar-refractivity contribution is -0.207. The van der Waals surface area contributed by atoms with E-state index in [9.17, 15) is 18.0 Å². The van der Waals surface area contributed by atoms with Gasteiger partial charge in [0.05, 0.1) is 0 Å². The van der Waals surface area contributed by atoms with Gasteiger partial charge in [0.15, 0.2) is 11.9 Å². The van der Waals surface area contributed by atoms with Crippen molar-refractivity contribution in [2.24, 2.45) is 5.92 Å². The highest BCUT2D eigenvalue weighted by atomic mass is 19.4. The topological polar surface area (TPSA) is 37.3 Å². The van der Waals surface area contributed by atoms with Crippen molar-refractivity contribution in [1.82, 2.24) is 0 Å². The molecule has 0 amide bonds. The summed E-state index contributed by atoms with van der Waals surface area (Å²) in [7, 11) is 0. The van der Waals surface area contributed by atoms with E-state index in [1.807, 2.05) is 6.07 Å². The van der Waals surface area contributed by atoms with Crippen molar-refractivity contribution in [3.05, 3.63) is 35.4 Å². The van der Waals surface area contributed by atoms with E-state index in [1.165, 1.54) is 0 Å². The summed E-state index contributed by atoms with van der Waals surface area (Å²) in [4.78, 5) is 12.0. The Kier molecular flexibility index (Phi) is 3.43. The predicted octanol–water partition coefficient (Wildman–Crippen LogP) is 2.75. The molecule has 0 heterocycles. The molecule has 2 nitrogen and oxygen atoms in total. The van der Waals surface area contributed by atoms with Crippen LogP contribution in [0.3, 0.4) is 0 Å². The van der Waals surface area contributed by atoms with Gasteiger partial charge < -0.3 is 5.11 Å². The molecule has 2 rings (SSSR count). The molecule has 1 aliphatic carbocycles. The average molecular weight is 258 g/mol. The van der Waals surface area contributed by atoms with Crippen molar-refractivity contribution in [2.75, 3.05) is 0 Å². The lowest BCUT2D eigenvalue weighted by Gasteiger charge is -2.25. The summed E-state index contributed by atoms with van der Waals surface area (Å²) in [5.41, 5.74) is 1.36. The highest BCUT2D eigenvalue weighted by Gasteiger charge is 2.41. The molecule has 1 N–H and O–H groups in total. The van der Waals surface area contributed by atoms with Gasteiger partial charge in [0, 0.05) is 11.5 Å². The lowest BCUT2D eigenvalue weighted by atomic mass is 9.80. The number of Topliss-reactive ketones (excluding diaryl/α,β-unsaturated/α-hetero) is 1. The Morgan fingerprint density at radius 1 is 1.33 bits per heavy atom. The molecule has 0 saturated heterocycles. The van der Waals surface area contributed by atoms with E-state index in [0.29, 0.717) is 18.4 Å². The third kappa shape index (κ3) is 2.56. The number of fused-ring (bicyclic) bond motifs is 1. The monoisotopic (exact) mass is 258 g/mol. The van der Waals surface area contributed by atoms with E-state index in [2.05, 4.69) is 0 Å². The number of carbonyl (C=O) groups is 1. The second kappa shape index (κ2) is 4.72. The zero-order chi connectivity index (χ0) is 13.3. The van der Waals surface area contributed by atoms with Gasteiger partial charge in [-0.2, -0.15) is 13.2 Å². The van der Waals surface area contributed by atoms with E-state index in [-0.39, 0.29) is 5.78 Å². The van der Waals surface area contributed by atoms with Gasteiger partial charge in [-0.1, -0.05) is 24.3 Å². The molecule has 1 aromatic rings. The number of hydrogen-bond acceptors (Lipinski definition) is 2. The Labute approximate surface area is 102 Å². The number of aliphatic hydroxyl groups excluding tert-OH is 1. The molecule has 2 atom stereocenters. The molecular weight excluding hydrogens is 245 g/mol. The van der Waals surface area contributed by atoms with Crippen molar-refractivity contribution < 1.29 is 23.1 Å². The van der Waals surface area contributed by atoms with Crippen molar-refractivity contribution in [2.45, 2.75) is 31.5 Å². The molecule has 2 unspecified atom stereocenters. The van der Waals surface area contributed by atoms with Crippen molar-refractivity contribution in [1.29, 1.82) is 0 Å². The summed E-state index contributed by atoms with van der Waals surface area (Å²) in [5, 5.41) is 9.03. The standard InChI is InChI=1S/C13H13F3O2/c14-13(15,16)11(17)7-9-6-5-8-3-1-2-4-10(8)12(9)18/h1-4,9,11,17H,5-7H2. The molecule has 0 radical (unpaired) electrons. The largest absolute Gasteiger partial charge is 0.414 e. The second-order valence-corrected chi connectivity index (χ2v) is 4.55. The fraction of sp³-hybridized carbons (Fsp3) is 0.462. The van der Waals surface area contributed by atoms with Crippen LogP contribution >= 0.6 is 0 Å². The normalized spacial score (nSPS) is 21.6. The number of rotatable bonds is 2. The highest BCUT2D eigenvalue weighted by molar-refractivity contribution is 6.00. The van der Waals surface area contributed by atoms with Crippen LogP contribution in [0.5, 0.6) is 0 Å². The number of carbonyl (C=O) groups excluding carboxylic acids is 1. The Morgan fingerprint density at radius 3 is 2.67 bits per heavy atom. The molecule has 18 heavy (non-hydrogen) atoms. The fourth-order valence-electron chi connectivity index (χ4n) is 2.29. The molecule has 0 fully saturated rings. The molecule has 0 spiro atoms. The maximum Gasteiger partial charge on any atom is 0.414 e. The summed E-state index contributed by atoms with van der Waals surface area (Å²) in [6.45, 7) is 0. The van der Waals surface area contributed by atoms with Gasteiger partial charge in [-0.05, 0) is 24.8 Å². The number of benzene rings is 1. The van der Waals surface area contributed by atoms with Crippen molar-refractivity contribution in [3.8, 4) is 0 Å². The molecule has 5 heteroatoms. The fourth-order valence-corrected chi connectivity index (χ4v) is 2.29. The smallest absolute Gasteiger partial charge is 0.384 e. The van der Waals surface area contributed by atoms with Crippen LogP contribution in [0.25, 0.3) is 0 Å². The first-order chi connectivity index (χ1) is 8.39. The number of aryl methyl sites for hydroxylation is 1. The SMILES string of the molecule is O=C1c2ccccc2CCC1CC(O)C(F)(F)F. The average Bonchev–Trinajstić information content (AvgIpc) is 2.32. The van der Waals surface area contributed by atoms with Crippen LogP contribution in [0.2, 0.25) is 0 Å². The van der Waals surface area contributed by atoms with E-state index in [1.54, 1.807) is 18.2 Å². The quantitative estimate of drug-likeness (QED) is 0.885. The molecule has 0 aliphatic heterocycles. The second-order valence-electron chi connectivity index (χ2n) is 4.55. The molecule has 0 saturated carbocycles. The van der Waals surface area contributed by atoms with Crippen LogP contribution in [0.4, 0.5) is 13.2 Å². The predicted molar refractivity (Wildman–Crippen MR) is 59.3 cm³/mol. The molecule has 1 aliphatic rings. The van der Waals surface area contributed by atoms with Crippen LogP contribution in [0.1, 0.15) is 28.8 Å². The zero-order valence-electron chi connectivity index (χ0n) is 9.57. The Bertz CT molecular complexity index is 454. The summed E-state index contributed by atoms with van der Waals surface area (Å²) < 4.78 is 36.8. The van der Waals surface area contributed by atoms with Crippen LogP contribution in [0.15, 0.2) is 24.3 Å². The van der Waals surface area contributed by atoms with Gasteiger partial charge >= 0.3 is 6.18 Å². The van der Waals surface area contributed by atoms with Gasteiger partial charge in [0.1, 0.15) is 0 Å². The van der Waals surface area contributed by atoms with Gasteiger partial charge in [-0.3, -0.25) is 4.79 Å². The number of ketones is 1. The third-order valence-corrected chi connectivity index (χ3v) is 3.30. The summed E-state index contributed by atoms with van der Waals surface area (Å²) in [6, 6.07) is 6.93. The minimum atomic E-state index is -4.66. The number of halogens is 3. The lowest BCUT2D eigenvalue weighted by Crippen LogP contribution is -2.34. The molecule has 0 aromatic heterocycles. The first kappa shape index (κ1) is 13.1. The third-order valence-electron chi connectivity index (χ3n) is 3.30. The maximum absolute atomic E-state index is 12.3. The summed E-state index contributed by atoms with van der Waals surface area (Å²) in [5.74, 6) is -1.03. The van der Waals surface area contributed by atoms with E-state index in [4.69, 9.17) is 5.11 Å². The van der Waals surface area contributed by atoms with Crippen LogP contribution in [0, 0.1) is 5.92 Å². The minimum Gasteiger partial charge on any atom is -0.384 e.